The Morgan fingerprint density at radius 3 is 2.86 bits per heavy atom. The van der Waals surface area contributed by atoms with Gasteiger partial charge in [-0.15, -0.1) is 11.3 Å². The topological polar surface area (TPSA) is 67.8 Å². The summed E-state index contributed by atoms with van der Waals surface area (Å²) in [4.78, 5) is 24.6. The highest BCUT2D eigenvalue weighted by atomic mass is 32.2. The molecule has 0 unspecified atom stereocenters. The van der Waals surface area contributed by atoms with Crippen LogP contribution < -0.4 is 5.32 Å². The van der Waals surface area contributed by atoms with Crippen molar-refractivity contribution >= 4 is 29.0 Å². The third-order valence-corrected chi connectivity index (χ3v) is 4.82. The van der Waals surface area contributed by atoms with Crippen LogP contribution in [0.2, 0.25) is 0 Å². The Morgan fingerprint density at radius 2 is 2.19 bits per heavy atom. The SMILES string of the molecule is Cc1ccnc(SCC(=O)NC[C@H](C)c2nc(C)cs2)n1. The van der Waals surface area contributed by atoms with Gasteiger partial charge in [-0.05, 0) is 19.9 Å². The van der Waals surface area contributed by atoms with Gasteiger partial charge >= 0.3 is 0 Å². The minimum absolute atomic E-state index is 0.00904. The summed E-state index contributed by atoms with van der Waals surface area (Å²) in [6, 6.07) is 1.84. The van der Waals surface area contributed by atoms with Crippen molar-refractivity contribution in [1.82, 2.24) is 20.3 Å². The molecular weight excluding hydrogens is 304 g/mol. The van der Waals surface area contributed by atoms with E-state index in [4.69, 9.17) is 0 Å². The number of aromatic nitrogens is 3. The fraction of sp³-hybridized carbons (Fsp3) is 0.429. The second-order valence-corrected chi connectivity index (χ2v) is 6.63. The highest BCUT2D eigenvalue weighted by Gasteiger charge is 2.11. The third kappa shape index (κ3) is 5.09. The highest BCUT2D eigenvalue weighted by molar-refractivity contribution is 7.99. The number of hydrogen-bond acceptors (Lipinski definition) is 6. The van der Waals surface area contributed by atoms with Crippen LogP contribution in [-0.2, 0) is 4.79 Å². The van der Waals surface area contributed by atoms with Crippen LogP contribution >= 0.6 is 23.1 Å². The maximum atomic E-state index is 11.8. The van der Waals surface area contributed by atoms with E-state index in [1.165, 1.54) is 11.8 Å². The lowest BCUT2D eigenvalue weighted by atomic mass is 10.2. The van der Waals surface area contributed by atoms with Crippen molar-refractivity contribution in [3.05, 3.63) is 34.0 Å². The largest absolute Gasteiger partial charge is 0.355 e. The van der Waals surface area contributed by atoms with E-state index in [0.29, 0.717) is 17.5 Å². The summed E-state index contributed by atoms with van der Waals surface area (Å²) in [6.45, 7) is 6.55. The molecule has 1 amide bonds. The Balaban J connectivity index is 1.75. The van der Waals surface area contributed by atoms with Crippen LogP contribution in [0.4, 0.5) is 0 Å². The molecular formula is C14H18N4OS2. The van der Waals surface area contributed by atoms with Crippen molar-refractivity contribution < 1.29 is 4.79 Å². The molecule has 2 aromatic rings. The van der Waals surface area contributed by atoms with E-state index >= 15 is 0 Å². The summed E-state index contributed by atoms with van der Waals surface area (Å²) in [6.07, 6.45) is 1.70. The standard InChI is InChI=1S/C14H18N4OS2/c1-9(13-17-11(3)7-20-13)6-16-12(19)8-21-14-15-5-4-10(2)18-14/h4-5,7,9H,6,8H2,1-3H3,(H,16,19)/t9-/m0/s1. The molecule has 2 rings (SSSR count). The minimum atomic E-state index is -0.00904. The molecule has 0 aromatic carbocycles. The first kappa shape index (κ1) is 15.9. The van der Waals surface area contributed by atoms with Gasteiger partial charge < -0.3 is 5.32 Å². The monoisotopic (exact) mass is 322 g/mol. The first-order valence-electron chi connectivity index (χ1n) is 6.66. The summed E-state index contributed by atoms with van der Waals surface area (Å²) < 4.78 is 0. The Morgan fingerprint density at radius 1 is 1.38 bits per heavy atom. The molecule has 0 aliphatic heterocycles. The number of thiazole rings is 1. The lowest BCUT2D eigenvalue weighted by Gasteiger charge is -2.09. The maximum Gasteiger partial charge on any atom is 0.230 e. The van der Waals surface area contributed by atoms with Crippen LogP contribution in [0.15, 0.2) is 22.8 Å². The zero-order valence-electron chi connectivity index (χ0n) is 12.3. The molecule has 5 nitrogen and oxygen atoms in total. The lowest BCUT2D eigenvalue weighted by molar-refractivity contribution is -0.118. The number of aryl methyl sites for hydroxylation is 2. The summed E-state index contributed by atoms with van der Waals surface area (Å²) in [5.74, 6) is 0.547. The average Bonchev–Trinajstić information content (AvgIpc) is 2.89. The molecule has 7 heteroatoms. The fourth-order valence-electron chi connectivity index (χ4n) is 1.63. The van der Waals surface area contributed by atoms with Crippen molar-refractivity contribution in [2.75, 3.05) is 12.3 Å². The van der Waals surface area contributed by atoms with Gasteiger partial charge in [-0.3, -0.25) is 4.79 Å². The number of nitrogens with zero attached hydrogens (tertiary/aromatic N) is 3. The molecule has 21 heavy (non-hydrogen) atoms. The third-order valence-electron chi connectivity index (χ3n) is 2.77. The van der Waals surface area contributed by atoms with Crippen LogP contribution in [0.3, 0.4) is 0 Å². The van der Waals surface area contributed by atoms with Gasteiger partial charge in [0.05, 0.1) is 10.8 Å². The Bertz CT molecular complexity index is 615. The van der Waals surface area contributed by atoms with Gasteiger partial charge in [0.1, 0.15) is 0 Å². The first-order chi connectivity index (χ1) is 10.0. The average molecular weight is 322 g/mol. The van der Waals surface area contributed by atoms with E-state index in [0.717, 1.165) is 16.4 Å². The quantitative estimate of drug-likeness (QED) is 0.654. The van der Waals surface area contributed by atoms with Gasteiger partial charge in [0.15, 0.2) is 5.16 Å². The van der Waals surface area contributed by atoms with Gasteiger partial charge in [-0.25, -0.2) is 15.0 Å². The van der Waals surface area contributed by atoms with E-state index < -0.39 is 0 Å². The number of nitrogens with one attached hydrogen (secondary N) is 1. The zero-order chi connectivity index (χ0) is 15.2. The zero-order valence-corrected chi connectivity index (χ0v) is 13.9. The van der Waals surface area contributed by atoms with E-state index in [2.05, 4.69) is 27.2 Å². The van der Waals surface area contributed by atoms with Crippen LogP contribution in [-0.4, -0.2) is 33.2 Å². The van der Waals surface area contributed by atoms with E-state index in [-0.39, 0.29) is 11.8 Å². The number of hydrogen-bond donors (Lipinski definition) is 1. The van der Waals surface area contributed by atoms with Crippen molar-refractivity contribution in [1.29, 1.82) is 0 Å². The predicted molar refractivity (Wildman–Crippen MR) is 85.8 cm³/mol. The van der Waals surface area contributed by atoms with E-state index in [1.807, 2.05) is 25.3 Å². The second kappa shape index (κ2) is 7.51. The van der Waals surface area contributed by atoms with Crippen LogP contribution in [0.25, 0.3) is 0 Å². The number of carbonyl (C=O) groups excluding carboxylic acids is 1. The van der Waals surface area contributed by atoms with E-state index in [9.17, 15) is 4.79 Å². The smallest absolute Gasteiger partial charge is 0.230 e. The van der Waals surface area contributed by atoms with Gasteiger partial charge in [0, 0.05) is 35.4 Å². The molecule has 2 heterocycles. The Hall–Kier alpha value is -1.47. The predicted octanol–water partition coefficient (Wildman–Crippen LogP) is 2.56. The van der Waals surface area contributed by atoms with Gasteiger partial charge in [0.25, 0.3) is 0 Å². The molecule has 0 spiro atoms. The number of carbonyl (C=O) groups is 1. The Kier molecular flexibility index (Phi) is 5.69. The normalized spacial score (nSPS) is 12.1. The molecule has 2 aromatic heterocycles. The number of thioether (sulfide) groups is 1. The lowest BCUT2D eigenvalue weighted by Crippen LogP contribution is -2.29. The summed E-state index contributed by atoms with van der Waals surface area (Å²) in [5.41, 5.74) is 1.93. The molecule has 1 N–H and O–H groups in total. The van der Waals surface area contributed by atoms with Gasteiger partial charge in [-0.1, -0.05) is 18.7 Å². The molecule has 0 radical (unpaired) electrons. The Labute approximate surface area is 132 Å². The highest BCUT2D eigenvalue weighted by Crippen LogP contribution is 2.19. The summed E-state index contributed by atoms with van der Waals surface area (Å²) >= 11 is 2.98. The van der Waals surface area contributed by atoms with Crippen LogP contribution in [0.5, 0.6) is 0 Å². The van der Waals surface area contributed by atoms with Gasteiger partial charge in [0.2, 0.25) is 5.91 Å². The van der Waals surface area contributed by atoms with Crippen molar-refractivity contribution in [2.45, 2.75) is 31.8 Å². The minimum Gasteiger partial charge on any atom is -0.355 e. The second-order valence-electron chi connectivity index (χ2n) is 4.80. The molecule has 0 aliphatic carbocycles. The van der Waals surface area contributed by atoms with E-state index in [1.54, 1.807) is 17.5 Å². The first-order valence-corrected chi connectivity index (χ1v) is 8.52. The van der Waals surface area contributed by atoms with Crippen molar-refractivity contribution in [3.8, 4) is 0 Å². The van der Waals surface area contributed by atoms with Crippen molar-refractivity contribution in [2.24, 2.45) is 0 Å². The van der Waals surface area contributed by atoms with Gasteiger partial charge in [-0.2, -0.15) is 0 Å². The molecule has 0 saturated heterocycles. The number of amides is 1. The summed E-state index contributed by atoms with van der Waals surface area (Å²) in [7, 11) is 0. The maximum absolute atomic E-state index is 11.8. The van der Waals surface area contributed by atoms with Crippen LogP contribution in [0, 0.1) is 13.8 Å². The summed E-state index contributed by atoms with van der Waals surface area (Å²) in [5, 5.41) is 6.64. The molecule has 0 fully saturated rings. The number of rotatable bonds is 6. The molecule has 0 saturated carbocycles. The molecule has 0 aliphatic rings. The van der Waals surface area contributed by atoms with Crippen molar-refractivity contribution in [3.63, 3.8) is 0 Å². The van der Waals surface area contributed by atoms with Crippen LogP contribution in [0.1, 0.15) is 29.2 Å². The molecule has 0 bridgehead atoms. The molecule has 112 valence electrons. The fourth-order valence-corrected chi connectivity index (χ4v) is 3.19. The molecule has 1 atom stereocenters.